The van der Waals surface area contributed by atoms with Crippen LogP contribution in [0.25, 0.3) is 0 Å². The zero-order valence-electron chi connectivity index (χ0n) is 11.1. The van der Waals surface area contributed by atoms with Gasteiger partial charge in [0.15, 0.2) is 9.84 Å². The highest BCUT2D eigenvalue weighted by atomic mass is 32.2. The van der Waals surface area contributed by atoms with Crippen LogP contribution < -0.4 is 5.73 Å². The maximum atomic E-state index is 11.9. The monoisotopic (exact) mass is 276 g/mol. The van der Waals surface area contributed by atoms with Gasteiger partial charge in [-0.3, -0.25) is 4.90 Å². The second kappa shape index (κ2) is 5.45. The molecule has 0 aromatic heterocycles. The Morgan fingerprint density at radius 1 is 1.39 bits per heavy atom. The third-order valence-corrected chi connectivity index (χ3v) is 6.30. The summed E-state index contributed by atoms with van der Waals surface area (Å²) in [5.41, 5.74) is 5.60. The van der Waals surface area contributed by atoms with Gasteiger partial charge in [0.05, 0.1) is 17.6 Å². The summed E-state index contributed by atoms with van der Waals surface area (Å²) < 4.78 is 29.1. The van der Waals surface area contributed by atoms with Gasteiger partial charge in [0.25, 0.3) is 0 Å². The van der Waals surface area contributed by atoms with Crippen LogP contribution in [0.4, 0.5) is 0 Å². The summed E-state index contributed by atoms with van der Waals surface area (Å²) in [5, 5.41) is 0. The number of hydrogen-bond acceptors (Lipinski definition) is 5. The van der Waals surface area contributed by atoms with E-state index in [-0.39, 0.29) is 11.3 Å². The predicted molar refractivity (Wildman–Crippen MR) is 71.3 cm³/mol. The molecule has 2 saturated heterocycles. The molecule has 0 radical (unpaired) electrons. The van der Waals surface area contributed by atoms with Crippen molar-refractivity contribution in [3.8, 4) is 0 Å². The molecule has 0 aliphatic carbocycles. The summed E-state index contributed by atoms with van der Waals surface area (Å²) in [6, 6.07) is 0. The van der Waals surface area contributed by atoms with Gasteiger partial charge in [-0.2, -0.15) is 0 Å². The first-order chi connectivity index (χ1) is 8.51. The lowest BCUT2D eigenvalue weighted by Crippen LogP contribution is -2.62. The molecule has 2 N–H and O–H groups in total. The van der Waals surface area contributed by atoms with Crippen molar-refractivity contribution in [3.63, 3.8) is 0 Å². The second-order valence-corrected chi connectivity index (χ2v) is 7.73. The van der Waals surface area contributed by atoms with Gasteiger partial charge in [0, 0.05) is 32.3 Å². The Balaban J connectivity index is 2.08. The largest absolute Gasteiger partial charge is 0.381 e. The molecule has 1 unspecified atom stereocenters. The van der Waals surface area contributed by atoms with Gasteiger partial charge in [-0.15, -0.1) is 0 Å². The Bertz CT molecular complexity index is 377. The molecule has 5 nitrogen and oxygen atoms in total. The number of likely N-dealkylation sites (tertiary alicyclic amines) is 1. The number of methoxy groups -OCH3 is 1. The lowest BCUT2D eigenvalue weighted by molar-refractivity contribution is 0.000792. The summed E-state index contributed by atoms with van der Waals surface area (Å²) in [4.78, 5) is 2.29. The Morgan fingerprint density at radius 3 is 2.56 bits per heavy atom. The molecule has 6 heteroatoms. The number of piperidine rings is 1. The Kier molecular flexibility index (Phi) is 4.31. The van der Waals surface area contributed by atoms with Crippen LogP contribution in [-0.2, 0) is 14.6 Å². The molecule has 2 heterocycles. The zero-order valence-corrected chi connectivity index (χ0v) is 11.9. The fraction of sp³-hybridized carbons (Fsp3) is 1.00. The molecule has 1 atom stereocenters. The number of sulfone groups is 1. The van der Waals surface area contributed by atoms with Crippen LogP contribution in [0, 0.1) is 0 Å². The average molecular weight is 276 g/mol. The van der Waals surface area contributed by atoms with Crippen molar-refractivity contribution < 1.29 is 13.2 Å². The van der Waals surface area contributed by atoms with Gasteiger partial charge in [0.2, 0.25) is 0 Å². The summed E-state index contributed by atoms with van der Waals surface area (Å²) in [6.07, 6.45) is 3.90. The minimum absolute atomic E-state index is 0.230. The lowest BCUT2D eigenvalue weighted by Gasteiger charge is -2.48. The third kappa shape index (κ3) is 2.87. The minimum Gasteiger partial charge on any atom is -0.381 e. The fourth-order valence-electron chi connectivity index (χ4n) is 3.28. The van der Waals surface area contributed by atoms with Crippen molar-refractivity contribution in [2.24, 2.45) is 5.73 Å². The zero-order chi connectivity index (χ0) is 13.2. The molecule has 0 amide bonds. The van der Waals surface area contributed by atoms with E-state index in [1.165, 1.54) is 0 Å². The topological polar surface area (TPSA) is 72.6 Å². The fourth-order valence-corrected chi connectivity index (χ4v) is 5.27. The van der Waals surface area contributed by atoms with Gasteiger partial charge >= 0.3 is 0 Å². The first kappa shape index (κ1) is 14.2. The number of nitrogens with two attached hydrogens (primary N) is 1. The quantitative estimate of drug-likeness (QED) is 0.786. The number of nitrogens with zero attached hydrogens (tertiary/aromatic N) is 1. The van der Waals surface area contributed by atoms with Crippen LogP contribution in [0.1, 0.15) is 25.7 Å². The van der Waals surface area contributed by atoms with Crippen molar-refractivity contribution >= 4 is 9.84 Å². The Hall–Kier alpha value is -0.170. The maximum Gasteiger partial charge on any atom is 0.152 e. The molecule has 106 valence electrons. The summed E-state index contributed by atoms with van der Waals surface area (Å²) in [6.45, 7) is 2.22. The van der Waals surface area contributed by atoms with Crippen LogP contribution in [0.15, 0.2) is 0 Å². The molecule has 0 bridgehead atoms. The van der Waals surface area contributed by atoms with Crippen LogP contribution >= 0.6 is 0 Å². The van der Waals surface area contributed by atoms with Crippen molar-refractivity contribution in [1.82, 2.24) is 4.90 Å². The first-order valence-electron chi connectivity index (χ1n) is 6.70. The smallest absolute Gasteiger partial charge is 0.152 e. The van der Waals surface area contributed by atoms with E-state index in [0.29, 0.717) is 18.4 Å². The average Bonchev–Trinajstić information content (AvgIpc) is 2.37. The minimum atomic E-state index is -2.92. The molecule has 2 aliphatic heterocycles. The normalized spacial score (nSPS) is 34.6. The second-order valence-electron chi connectivity index (χ2n) is 5.55. The molecular weight excluding hydrogens is 252 g/mol. The highest BCUT2D eigenvalue weighted by Crippen LogP contribution is 2.31. The van der Waals surface area contributed by atoms with Gasteiger partial charge in [0.1, 0.15) is 0 Å². The summed E-state index contributed by atoms with van der Waals surface area (Å²) >= 11 is 0. The van der Waals surface area contributed by atoms with E-state index in [9.17, 15) is 8.42 Å². The van der Waals surface area contributed by atoms with E-state index in [1.807, 2.05) is 0 Å². The number of rotatable bonds is 3. The van der Waals surface area contributed by atoms with E-state index in [2.05, 4.69) is 4.90 Å². The molecule has 0 aromatic carbocycles. The SMILES string of the molecule is COC1CCN(C2(CN)CCCS(=O)(=O)C2)CC1. The van der Waals surface area contributed by atoms with E-state index in [1.54, 1.807) is 7.11 Å². The molecule has 2 fully saturated rings. The Morgan fingerprint density at radius 2 is 2.06 bits per heavy atom. The molecule has 0 aromatic rings. The summed E-state index contributed by atoms with van der Waals surface area (Å²) in [7, 11) is -1.18. The lowest BCUT2D eigenvalue weighted by atomic mass is 9.90. The van der Waals surface area contributed by atoms with Crippen molar-refractivity contribution in [3.05, 3.63) is 0 Å². The van der Waals surface area contributed by atoms with Crippen LogP contribution in [0.3, 0.4) is 0 Å². The maximum absolute atomic E-state index is 11.9. The standard InChI is InChI=1S/C12H24N2O3S/c1-17-11-3-6-14(7-4-11)12(9-13)5-2-8-18(15,16)10-12/h11H,2-10,13H2,1H3. The van der Waals surface area contributed by atoms with Crippen molar-refractivity contribution in [2.75, 3.05) is 38.2 Å². The highest BCUT2D eigenvalue weighted by Gasteiger charge is 2.43. The van der Waals surface area contributed by atoms with Crippen molar-refractivity contribution in [2.45, 2.75) is 37.3 Å². The van der Waals surface area contributed by atoms with Gasteiger partial charge in [-0.1, -0.05) is 0 Å². The van der Waals surface area contributed by atoms with E-state index in [0.717, 1.165) is 38.8 Å². The molecule has 0 spiro atoms. The molecule has 2 aliphatic rings. The molecule has 2 rings (SSSR count). The first-order valence-corrected chi connectivity index (χ1v) is 8.52. The van der Waals surface area contributed by atoms with E-state index in [4.69, 9.17) is 10.5 Å². The van der Waals surface area contributed by atoms with E-state index >= 15 is 0 Å². The van der Waals surface area contributed by atoms with Gasteiger partial charge in [-0.25, -0.2) is 8.42 Å². The highest BCUT2D eigenvalue weighted by molar-refractivity contribution is 7.91. The van der Waals surface area contributed by atoms with Gasteiger partial charge in [-0.05, 0) is 25.7 Å². The third-order valence-electron chi connectivity index (χ3n) is 4.41. The van der Waals surface area contributed by atoms with Crippen LogP contribution in [0.5, 0.6) is 0 Å². The predicted octanol–water partition coefficient (Wildman–Crippen LogP) is 0.00330. The van der Waals surface area contributed by atoms with E-state index < -0.39 is 9.84 Å². The molecular formula is C12H24N2O3S. The van der Waals surface area contributed by atoms with Crippen molar-refractivity contribution in [1.29, 1.82) is 0 Å². The number of ether oxygens (including phenoxy) is 1. The molecule has 0 saturated carbocycles. The van der Waals surface area contributed by atoms with Crippen LogP contribution in [0.2, 0.25) is 0 Å². The van der Waals surface area contributed by atoms with Gasteiger partial charge < -0.3 is 10.5 Å². The summed E-state index contributed by atoms with van der Waals surface area (Å²) in [5.74, 6) is 0.553. The van der Waals surface area contributed by atoms with Crippen LogP contribution in [-0.4, -0.2) is 63.2 Å². The number of hydrogen-bond donors (Lipinski definition) is 1. The Labute approximate surface area is 110 Å². The molecule has 18 heavy (non-hydrogen) atoms.